The molecule has 0 aliphatic heterocycles. The van der Waals surface area contributed by atoms with Gasteiger partial charge in [0.05, 0.1) is 17.6 Å². The van der Waals surface area contributed by atoms with Gasteiger partial charge >= 0.3 is 18.0 Å². The fourth-order valence-electron chi connectivity index (χ4n) is 2.91. The lowest BCUT2D eigenvalue weighted by atomic mass is 10.0. The molecule has 1 atom stereocenters. The number of nitrogens with one attached hydrogen (secondary N) is 1. The van der Waals surface area contributed by atoms with E-state index in [0.29, 0.717) is 5.56 Å². The minimum atomic E-state index is -1.23. The molecular formula is C24H26N2O9. The van der Waals surface area contributed by atoms with Gasteiger partial charge in [-0.3, -0.25) is 14.9 Å². The molecule has 2 aromatic rings. The molecule has 0 fully saturated rings. The van der Waals surface area contributed by atoms with Crippen molar-refractivity contribution in [3.63, 3.8) is 0 Å². The number of nitro benzene ring substituents is 1. The number of methoxy groups -OCH3 is 1. The fraction of sp³-hybridized carbons (Fsp3) is 0.333. The van der Waals surface area contributed by atoms with Gasteiger partial charge in [0.2, 0.25) is 0 Å². The molecule has 0 spiro atoms. The Labute approximate surface area is 201 Å². The number of nitro groups is 1. The Morgan fingerprint density at radius 2 is 1.69 bits per heavy atom. The average Bonchev–Trinajstić information content (AvgIpc) is 2.80. The first-order valence-corrected chi connectivity index (χ1v) is 10.5. The van der Waals surface area contributed by atoms with Gasteiger partial charge in [-0.25, -0.2) is 14.4 Å². The van der Waals surface area contributed by atoms with Crippen LogP contribution in [-0.4, -0.2) is 54.1 Å². The molecule has 1 amide bonds. The maximum absolute atomic E-state index is 12.8. The largest absolute Gasteiger partial charge is 0.465 e. The number of hydrogen-bond acceptors (Lipinski definition) is 9. The summed E-state index contributed by atoms with van der Waals surface area (Å²) in [5.41, 5.74) is -0.120. The minimum Gasteiger partial charge on any atom is -0.465 e. The first kappa shape index (κ1) is 27.0. The Morgan fingerprint density at radius 1 is 1.03 bits per heavy atom. The van der Waals surface area contributed by atoms with Crippen molar-refractivity contribution in [2.24, 2.45) is 0 Å². The highest BCUT2D eigenvalue weighted by atomic mass is 16.6. The van der Waals surface area contributed by atoms with Gasteiger partial charge in [0.1, 0.15) is 11.6 Å². The van der Waals surface area contributed by atoms with Crippen LogP contribution in [0.1, 0.15) is 47.1 Å². The van der Waals surface area contributed by atoms with Gasteiger partial charge in [0.25, 0.3) is 5.69 Å². The zero-order valence-corrected chi connectivity index (χ0v) is 19.7. The predicted molar refractivity (Wildman–Crippen MR) is 123 cm³/mol. The van der Waals surface area contributed by atoms with E-state index in [4.69, 9.17) is 14.2 Å². The molecule has 2 aromatic carbocycles. The number of ether oxygens (including phenoxy) is 3. The van der Waals surface area contributed by atoms with Crippen molar-refractivity contribution < 1.29 is 38.3 Å². The van der Waals surface area contributed by atoms with Crippen LogP contribution in [0.2, 0.25) is 0 Å². The van der Waals surface area contributed by atoms with Gasteiger partial charge in [-0.15, -0.1) is 0 Å². The molecule has 0 aliphatic carbocycles. The van der Waals surface area contributed by atoms with Crippen LogP contribution in [-0.2, 0) is 25.4 Å². The van der Waals surface area contributed by atoms with Crippen LogP contribution in [0, 0.1) is 10.1 Å². The second-order valence-electron chi connectivity index (χ2n) is 8.43. The molecule has 0 radical (unpaired) electrons. The number of amides is 1. The summed E-state index contributed by atoms with van der Waals surface area (Å²) < 4.78 is 15.0. The Bertz CT molecular complexity index is 1100. The number of carbonyl (C=O) groups excluding carboxylic acids is 4. The van der Waals surface area contributed by atoms with E-state index in [2.05, 4.69) is 5.32 Å². The van der Waals surface area contributed by atoms with Crippen LogP contribution < -0.4 is 5.32 Å². The Hall–Kier alpha value is -4.28. The third kappa shape index (κ3) is 8.54. The van der Waals surface area contributed by atoms with E-state index in [1.54, 1.807) is 32.9 Å². The molecule has 11 nitrogen and oxygen atoms in total. The zero-order chi connectivity index (χ0) is 26.2. The number of rotatable bonds is 9. The van der Waals surface area contributed by atoms with E-state index in [1.165, 1.54) is 31.4 Å². The van der Waals surface area contributed by atoms with Crippen LogP contribution in [0.15, 0.2) is 48.5 Å². The van der Waals surface area contributed by atoms with Crippen LogP contribution >= 0.6 is 0 Å². The summed E-state index contributed by atoms with van der Waals surface area (Å²) in [7, 11) is 1.24. The van der Waals surface area contributed by atoms with E-state index in [9.17, 15) is 29.3 Å². The van der Waals surface area contributed by atoms with Gasteiger partial charge < -0.3 is 19.5 Å². The number of nitrogens with zero attached hydrogens (tertiary/aromatic N) is 1. The first-order chi connectivity index (χ1) is 16.4. The summed E-state index contributed by atoms with van der Waals surface area (Å²) in [4.78, 5) is 59.4. The zero-order valence-electron chi connectivity index (χ0n) is 19.7. The van der Waals surface area contributed by atoms with Crippen molar-refractivity contribution in [3.8, 4) is 0 Å². The average molecular weight is 486 g/mol. The molecule has 0 aliphatic rings. The molecule has 1 N–H and O–H groups in total. The van der Waals surface area contributed by atoms with Gasteiger partial charge in [0, 0.05) is 24.1 Å². The number of benzene rings is 2. The van der Waals surface area contributed by atoms with Gasteiger partial charge in [0.15, 0.2) is 12.4 Å². The highest BCUT2D eigenvalue weighted by molar-refractivity contribution is 5.98. The summed E-state index contributed by atoms with van der Waals surface area (Å²) in [6.45, 7) is 4.32. The molecule has 186 valence electrons. The van der Waals surface area contributed by atoms with E-state index in [1.807, 2.05) is 0 Å². The lowest BCUT2D eigenvalue weighted by Crippen LogP contribution is -2.45. The van der Waals surface area contributed by atoms with Crippen molar-refractivity contribution in [1.29, 1.82) is 0 Å². The summed E-state index contributed by atoms with van der Waals surface area (Å²) in [6.07, 6.45) is -0.931. The molecule has 11 heteroatoms. The summed E-state index contributed by atoms with van der Waals surface area (Å²) >= 11 is 0. The number of non-ortho nitro benzene ring substituents is 1. The van der Waals surface area contributed by atoms with Crippen molar-refractivity contribution in [3.05, 3.63) is 75.3 Å². The van der Waals surface area contributed by atoms with Gasteiger partial charge in [-0.2, -0.15) is 0 Å². The molecule has 0 aromatic heterocycles. The molecule has 0 saturated heterocycles. The second-order valence-corrected chi connectivity index (χ2v) is 8.43. The van der Waals surface area contributed by atoms with Crippen molar-refractivity contribution in [2.75, 3.05) is 13.7 Å². The minimum absolute atomic E-state index is 0.0609. The Kier molecular flexibility index (Phi) is 9.04. The van der Waals surface area contributed by atoms with Crippen LogP contribution in [0.25, 0.3) is 0 Å². The molecule has 0 unspecified atom stereocenters. The topological polar surface area (TPSA) is 151 Å². The van der Waals surface area contributed by atoms with Gasteiger partial charge in [-0.1, -0.05) is 12.1 Å². The molecule has 0 heterocycles. The number of Topliss-reactive ketones (excluding diaryl/α,β-unsaturated/α-hetero) is 1. The maximum atomic E-state index is 12.8. The fourth-order valence-corrected chi connectivity index (χ4v) is 2.91. The number of carbonyl (C=O) groups is 4. The van der Waals surface area contributed by atoms with E-state index >= 15 is 0 Å². The number of alkyl carbamates (subject to hydrolysis) is 1. The SMILES string of the molecule is COC(=O)c1cccc(C[C@H](NC(=O)OC(C)(C)C)C(=O)OCC(=O)c2ccc([N+](=O)[O-])cc2)c1. The third-order valence-corrected chi connectivity index (χ3v) is 4.51. The lowest BCUT2D eigenvalue weighted by Gasteiger charge is -2.23. The van der Waals surface area contributed by atoms with E-state index in [0.717, 1.165) is 12.1 Å². The van der Waals surface area contributed by atoms with Crippen LogP contribution in [0.3, 0.4) is 0 Å². The van der Waals surface area contributed by atoms with Gasteiger partial charge in [-0.05, 0) is 50.6 Å². The van der Waals surface area contributed by atoms with Crippen molar-refractivity contribution in [1.82, 2.24) is 5.32 Å². The van der Waals surface area contributed by atoms with E-state index < -0.39 is 47.0 Å². The second kappa shape index (κ2) is 11.7. The number of hydrogen-bond donors (Lipinski definition) is 1. The van der Waals surface area contributed by atoms with Crippen molar-refractivity contribution >= 4 is 29.5 Å². The smallest absolute Gasteiger partial charge is 0.408 e. The Balaban J connectivity index is 2.14. The quantitative estimate of drug-likeness (QED) is 0.185. The maximum Gasteiger partial charge on any atom is 0.408 e. The number of esters is 2. The summed E-state index contributed by atoms with van der Waals surface area (Å²) in [6, 6.07) is 9.87. The highest BCUT2D eigenvalue weighted by Crippen LogP contribution is 2.14. The van der Waals surface area contributed by atoms with Crippen molar-refractivity contribution in [2.45, 2.75) is 38.8 Å². The normalized spacial score (nSPS) is 11.7. The van der Waals surface area contributed by atoms with Crippen LogP contribution in [0.4, 0.5) is 10.5 Å². The lowest BCUT2D eigenvalue weighted by molar-refractivity contribution is -0.384. The molecular weight excluding hydrogens is 460 g/mol. The highest BCUT2D eigenvalue weighted by Gasteiger charge is 2.27. The summed E-state index contributed by atoms with van der Waals surface area (Å²) in [5, 5.41) is 13.2. The number of ketones is 1. The van der Waals surface area contributed by atoms with Crippen LogP contribution in [0.5, 0.6) is 0 Å². The summed E-state index contributed by atoms with van der Waals surface area (Å²) in [5.74, 6) is -2.06. The predicted octanol–water partition coefficient (Wildman–Crippen LogP) is 3.24. The third-order valence-electron chi connectivity index (χ3n) is 4.51. The monoisotopic (exact) mass is 486 g/mol. The molecule has 0 saturated carbocycles. The molecule has 2 rings (SSSR count). The standard InChI is InChI=1S/C24H26N2O9/c1-24(2,3)35-23(30)25-19(13-15-6-5-7-17(12-15)21(28)33-4)22(29)34-14-20(27)16-8-10-18(11-9-16)26(31)32/h5-12,19H,13-14H2,1-4H3,(H,25,30)/t19-/m0/s1. The molecule has 35 heavy (non-hydrogen) atoms. The first-order valence-electron chi connectivity index (χ1n) is 10.5. The Morgan fingerprint density at radius 3 is 2.26 bits per heavy atom. The van der Waals surface area contributed by atoms with E-state index in [-0.39, 0.29) is 23.2 Å². The molecule has 0 bridgehead atoms.